The summed E-state index contributed by atoms with van der Waals surface area (Å²) in [7, 11) is 0. The van der Waals surface area contributed by atoms with Crippen molar-refractivity contribution in [3.63, 3.8) is 0 Å². The van der Waals surface area contributed by atoms with Crippen molar-refractivity contribution in [2.45, 2.75) is 4.21 Å². The maximum absolute atomic E-state index is 5.93. The molecule has 0 spiro atoms. The largest absolute Gasteiger partial charge is 0.133 e. The van der Waals surface area contributed by atoms with Gasteiger partial charge in [-0.15, -0.1) is 24.0 Å². The highest BCUT2D eigenvalue weighted by molar-refractivity contribution is 9.10. The van der Waals surface area contributed by atoms with Crippen LogP contribution in [-0.2, 0) is 0 Å². The van der Waals surface area contributed by atoms with E-state index in [9.17, 15) is 0 Å². The van der Waals surface area contributed by atoms with Crippen LogP contribution in [0.2, 0.25) is 5.02 Å². The Bertz CT molecular complexity index is 397. The molecular formula is C8H4BrClS2. The van der Waals surface area contributed by atoms with E-state index in [1.807, 2.05) is 18.2 Å². The molecule has 0 aliphatic heterocycles. The van der Waals surface area contributed by atoms with Crippen molar-refractivity contribution >= 4 is 61.6 Å². The normalized spacial score (nSPS) is 10.9. The minimum Gasteiger partial charge on any atom is -0.133 e. The van der Waals surface area contributed by atoms with Gasteiger partial charge in [-0.2, -0.15) is 0 Å². The van der Waals surface area contributed by atoms with Gasteiger partial charge >= 0.3 is 0 Å². The van der Waals surface area contributed by atoms with E-state index in [2.05, 4.69) is 28.6 Å². The quantitative estimate of drug-likeness (QED) is 0.669. The van der Waals surface area contributed by atoms with Crippen LogP contribution in [0.1, 0.15) is 0 Å². The molecule has 2 aromatic rings. The van der Waals surface area contributed by atoms with E-state index in [4.69, 9.17) is 11.6 Å². The maximum Gasteiger partial charge on any atom is 0.0580 e. The summed E-state index contributed by atoms with van der Waals surface area (Å²) in [4.78, 5) is 0. The number of thiophene rings is 1. The molecule has 0 saturated carbocycles. The molecule has 0 amide bonds. The molecule has 0 fully saturated rings. The van der Waals surface area contributed by atoms with E-state index < -0.39 is 0 Å². The minimum atomic E-state index is 0.744. The Morgan fingerprint density at radius 3 is 2.83 bits per heavy atom. The Morgan fingerprint density at radius 1 is 1.33 bits per heavy atom. The first kappa shape index (κ1) is 8.88. The standard InChI is InChI=1S/C8H4BrClS2/c9-5-3-7-4(1-6(5)10)2-8(11)12-7/h1-3,11H. The van der Waals surface area contributed by atoms with Crippen molar-refractivity contribution < 1.29 is 0 Å². The molecule has 12 heavy (non-hydrogen) atoms. The van der Waals surface area contributed by atoms with Crippen molar-refractivity contribution in [3.8, 4) is 0 Å². The van der Waals surface area contributed by atoms with E-state index in [1.54, 1.807) is 11.3 Å². The first-order valence-corrected chi connectivity index (χ1v) is 5.68. The van der Waals surface area contributed by atoms with Gasteiger partial charge in [-0.25, -0.2) is 0 Å². The van der Waals surface area contributed by atoms with E-state index in [0.29, 0.717) is 0 Å². The third-order valence-electron chi connectivity index (χ3n) is 1.55. The zero-order valence-corrected chi connectivity index (χ0v) is 9.90. The number of thiol groups is 1. The molecule has 0 unspecified atom stereocenters. The second-order valence-electron chi connectivity index (χ2n) is 2.39. The summed E-state index contributed by atoms with van der Waals surface area (Å²) in [6.45, 7) is 0. The summed E-state index contributed by atoms with van der Waals surface area (Å²) >= 11 is 15.2. The Hall–Kier alpha value is 0.300. The molecule has 1 aromatic heterocycles. The van der Waals surface area contributed by atoms with E-state index in [0.717, 1.165) is 19.1 Å². The zero-order chi connectivity index (χ0) is 8.72. The first-order chi connectivity index (χ1) is 5.66. The van der Waals surface area contributed by atoms with Gasteiger partial charge in [0.1, 0.15) is 0 Å². The van der Waals surface area contributed by atoms with Crippen LogP contribution >= 0.6 is 51.5 Å². The molecule has 0 aliphatic rings. The minimum absolute atomic E-state index is 0.744. The van der Waals surface area contributed by atoms with Gasteiger partial charge in [0.25, 0.3) is 0 Å². The molecule has 0 aliphatic carbocycles. The Morgan fingerprint density at radius 2 is 2.08 bits per heavy atom. The van der Waals surface area contributed by atoms with Gasteiger partial charge in [0.15, 0.2) is 0 Å². The highest BCUT2D eigenvalue weighted by atomic mass is 79.9. The van der Waals surface area contributed by atoms with Crippen LogP contribution in [0, 0.1) is 0 Å². The second-order valence-corrected chi connectivity index (χ2v) is 5.52. The number of rotatable bonds is 0. The van der Waals surface area contributed by atoms with Gasteiger partial charge in [-0.3, -0.25) is 0 Å². The summed E-state index contributed by atoms with van der Waals surface area (Å²) in [5.74, 6) is 0. The second kappa shape index (κ2) is 3.22. The van der Waals surface area contributed by atoms with Gasteiger partial charge in [0.2, 0.25) is 0 Å². The summed E-state index contributed by atoms with van der Waals surface area (Å²) in [6.07, 6.45) is 0. The average molecular weight is 280 g/mol. The van der Waals surface area contributed by atoms with Gasteiger partial charge in [0, 0.05) is 9.17 Å². The Balaban J connectivity index is 2.83. The number of benzene rings is 1. The predicted molar refractivity (Wildman–Crippen MR) is 61.8 cm³/mol. The SMILES string of the molecule is Sc1cc2cc(Cl)c(Br)cc2s1. The molecular weight excluding hydrogens is 276 g/mol. The molecule has 0 bridgehead atoms. The molecule has 4 heteroatoms. The van der Waals surface area contributed by atoms with Crippen molar-refractivity contribution in [2.24, 2.45) is 0 Å². The van der Waals surface area contributed by atoms with Crippen LogP contribution in [0.4, 0.5) is 0 Å². The third-order valence-corrected chi connectivity index (χ3v) is 4.05. The lowest BCUT2D eigenvalue weighted by Crippen LogP contribution is -1.67. The lowest BCUT2D eigenvalue weighted by Gasteiger charge is -1.94. The van der Waals surface area contributed by atoms with Gasteiger partial charge in [-0.1, -0.05) is 11.6 Å². The van der Waals surface area contributed by atoms with Crippen LogP contribution < -0.4 is 0 Å². The molecule has 0 atom stereocenters. The van der Waals surface area contributed by atoms with E-state index in [1.165, 1.54) is 4.70 Å². The lowest BCUT2D eigenvalue weighted by molar-refractivity contribution is 1.74. The van der Waals surface area contributed by atoms with Crippen molar-refractivity contribution in [2.75, 3.05) is 0 Å². The monoisotopic (exact) mass is 278 g/mol. The van der Waals surface area contributed by atoms with Crippen LogP contribution in [0.15, 0.2) is 26.9 Å². The fourth-order valence-corrected chi connectivity index (χ4v) is 2.95. The summed E-state index contributed by atoms with van der Waals surface area (Å²) in [6, 6.07) is 5.97. The predicted octanol–water partition coefficient (Wildman–Crippen LogP) is 4.61. The topological polar surface area (TPSA) is 0 Å². The highest BCUT2D eigenvalue weighted by Crippen LogP contribution is 2.34. The van der Waals surface area contributed by atoms with Gasteiger partial charge in [-0.05, 0) is 39.5 Å². The zero-order valence-electron chi connectivity index (χ0n) is 5.84. The fraction of sp³-hybridized carbons (Fsp3) is 0. The third kappa shape index (κ3) is 1.51. The number of hydrogen-bond donors (Lipinski definition) is 1. The van der Waals surface area contributed by atoms with Crippen molar-refractivity contribution in [1.29, 1.82) is 0 Å². The number of halogens is 2. The summed E-state index contributed by atoms with van der Waals surface area (Å²) < 4.78 is 3.15. The lowest BCUT2D eigenvalue weighted by atomic mass is 10.3. The number of hydrogen-bond acceptors (Lipinski definition) is 2. The van der Waals surface area contributed by atoms with Gasteiger partial charge < -0.3 is 0 Å². The van der Waals surface area contributed by atoms with Crippen LogP contribution in [0.5, 0.6) is 0 Å². The molecule has 0 saturated heterocycles. The van der Waals surface area contributed by atoms with Crippen molar-refractivity contribution in [1.82, 2.24) is 0 Å². The first-order valence-electron chi connectivity index (χ1n) is 3.24. The van der Waals surface area contributed by atoms with E-state index in [-0.39, 0.29) is 0 Å². The molecule has 0 radical (unpaired) electrons. The van der Waals surface area contributed by atoms with Gasteiger partial charge in [0.05, 0.1) is 9.23 Å². The summed E-state index contributed by atoms with van der Waals surface area (Å²) in [5.41, 5.74) is 0. The molecule has 0 nitrogen and oxygen atoms in total. The summed E-state index contributed by atoms with van der Waals surface area (Å²) in [5, 5.41) is 1.90. The van der Waals surface area contributed by atoms with Crippen LogP contribution in [0.3, 0.4) is 0 Å². The fourth-order valence-electron chi connectivity index (χ4n) is 1.02. The molecule has 1 heterocycles. The smallest absolute Gasteiger partial charge is 0.0580 e. The van der Waals surface area contributed by atoms with E-state index >= 15 is 0 Å². The van der Waals surface area contributed by atoms with Crippen LogP contribution in [-0.4, -0.2) is 0 Å². The maximum atomic E-state index is 5.93. The van der Waals surface area contributed by atoms with Crippen LogP contribution in [0.25, 0.3) is 10.1 Å². The Kier molecular flexibility index (Phi) is 2.38. The molecule has 1 aromatic carbocycles. The number of fused-ring (bicyclic) bond motifs is 1. The van der Waals surface area contributed by atoms with Crippen molar-refractivity contribution in [3.05, 3.63) is 27.7 Å². The molecule has 0 N–H and O–H groups in total. The Labute approximate surface area is 93.1 Å². The molecule has 62 valence electrons. The average Bonchev–Trinajstić information content (AvgIpc) is 2.30. The highest BCUT2D eigenvalue weighted by Gasteiger charge is 2.02. The molecule has 2 rings (SSSR count).